The van der Waals surface area contributed by atoms with Crippen LogP contribution in [0.25, 0.3) is 11.4 Å². The third-order valence-electron chi connectivity index (χ3n) is 1.77. The third kappa shape index (κ3) is 1.65. The second-order valence-electron chi connectivity index (χ2n) is 2.89. The molecule has 0 aliphatic carbocycles. The Labute approximate surface area is 85.2 Å². The van der Waals surface area contributed by atoms with E-state index in [1.807, 2.05) is 24.4 Å². The van der Waals surface area contributed by atoms with E-state index in [0.29, 0.717) is 11.6 Å². The molecule has 0 unspecified atom stereocenters. The van der Waals surface area contributed by atoms with Gasteiger partial charge in [-0.05, 0) is 13.0 Å². The molecule has 1 N–H and O–H groups in total. The zero-order valence-corrected chi connectivity index (χ0v) is 8.43. The van der Waals surface area contributed by atoms with Crippen LogP contribution in [0, 0.1) is 18.3 Å². The van der Waals surface area contributed by atoms with Crippen LogP contribution in [0.5, 0.6) is 0 Å². The average molecular weight is 204 g/mol. The van der Waals surface area contributed by atoms with Gasteiger partial charge in [0.1, 0.15) is 5.82 Å². The average Bonchev–Trinajstić information content (AvgIpc) is 2.74. The van der Waals surface area contributed by atoms with Gasteiger partial charge in [-0.3, -0.25) is 5.10 Å². The number of aromatic amines is 1. The molecule has 2 heterocycles. The molecule has 0 fully saturated rings. The molecule has 0 spiro atoms. The van der Waals surface area contributed by atoms with Crippen molar-refractivity contribution in [1.82, 2.24) is 15.2 Å². The Morgan fingerprint density at radius 3 is 3.14 bits per heavy atom. The summed E-state index contributed by atoms with van der Waals surface area (Å²) in [5, 5.41) is 17.2. The summed E-state index contributed by atoms with van der Waals surface area (Å²) < 4.78 is 0. The van der Waals surface area contributed by atoms with Crippen molar-refractivity contribution in [1.29, 1.82) is 5.26 Å². The summed E-state index contributed by atoms with van der Waals surface area (Å²) in [4.78, 5) is 5.43. The van der Waals surface area contributed by atoms with Gasteiger partial charge in [0.15, 0.2) is 5.82 Å². The molecule has 2 aromatic rings. The highest BCUT2D eigenvalue weighted by Crippen LogP contribution is 2.21. The third-order valence-corrected chi connectivity index (χ3v) is 2.63. The van der Waals surface area contributed by atoms with Gasteiger partial charge >= 0.3 is 0 Å². The van der Waals surface area contributed by atoms with Crippen LogP contribution >= 0.6 is 11.3 Å². The summed E-state index contributed by atoms with van der Waals surface area (Å²) in [7, 11) is 0. The lowest BCUT2D eigenvalue weighted by Gasteiger charge is -1.84. The van der Waals surface area contributed by atoms with Crippen LogP contribution in [-0.2, 0) is 6.42 Å². The van der Waals surface area contributed by atoms with E-state index in [0.717, 1.165) is 5.56 Å². The number of rotatable bonds is 2. The van der Waals surface area contributed by atoms with Crippen molar-refractivity contribution < 1.29 is 0 Å². The molecular formula is C9H8N4S. The molecule has 0 aromatic carbocycles. The molecule has 0 saturated heterocycles. The molecule has 70 valence electrons. The predicted octanol–water partition coefficient (Wildman–Crippen LogP) is 1.91. The number of thiophene rings is 1. The fraction of sp³-hybridized carbons (Fsp3) is 0.222. The van der Waals surface area contributed by atoms with E-state index in [2.05, 4.69) is 15.2 Å². The highest BCUT2D eigenvalue weighted by Gasteiger charge is 2.06. The number of aromatic nitrogens is 3. The number of hydrogen-bond donors (Lipinski definition) is 1. The van der Waals surface area contributed by atoms with Crippen LogP contribution in [0.3, 0.4) is 0 Å². The first-order valence-corrected chi connectivity index (χ1v) is 5.01. The van der Waals surface area contributed by atoms with Crippen LogP contribution in [-0.4, -0.2) is 15.2 Å². The van der Waals surface area contributed by atoms with E-state index in [-0.39, 0.29) is 6.42 Å². The van der Waals surface area contributed by atoms with E-state index in [9.17, 15) is 0 Å². The lowest BCUT2D eigenvalue weighted by molar-refractivity contribution is 0.996. The number of H-pyrrole nitrogens is 1. The molecular weight excluding hydrogens is 196 g/mol. The summed E-state index contributed by atoms with van der Waals surface area (Å²) in [6.45, 7) is 2.04. The summed E-state index contributed by atoms with van der Waals surface area (Å²) in [6, 6.07) is 4.05. The first-order chi connectivity index (χ1) is 6.79. The van der Waals surface area contributed by atoms with E-state index in [4.69, 9.17) is 5.26 Å². The topological polar surface area (TPSA) is 65.4 Å². The number of nitrogens with one attached hydrogen (secondary N) is 1. The number of hydrogen-bond acceptors (Lipinski definition) is 4. The molecule has 0 radical (unpaired) electrons. The van der Waals surface area contributed by atoms with Gasteiger partial charge in [0.05, 0.1) is 12.5 Å². The molecule has 0 aliphatic rings. The van der Waals surface area contributed by atoms with Crippen LogP contribution < -0.4 is 0 Å². The lowest BCUT2D eigenvalue weighted by Crippen LogP contribution is -1.83. The second kappa shape index (κ2) is 3.60. The molecule has 0 amide bonds. The maximum Gasteiger partial charge on any atom is 0.182 e. The molecule has 2 aromatic heterocycles. The van der Waals surface area contributed by atoms with Crippen molar-refractivity contribution in [2.24, 2.45) is 0 Å². The van der Waals surface area contributed by atoms with Gasteiger partial charge in [-0.25, -0.2) is 4.98 Å². The summed E-state index contributed by atoms with van der Waals surface area (Å²) in [5.41, 5.74) is 1.01. The minimum atomic E-state index is 0.274. The van der Waals surface area contributed by atoms with Crippen molar-refractivity contribution >= 4 is 11.3 Å². The SMILES string of the molecule is Cc1cc(-c2n[nH]c(CC#N)n2)cs1. The second-order valence-corrected chi connectivity index (χ2v) is 4.00. The molecule has 4 nitrogen and oxygen atoms in total. The highest BCUT2D eigenvalue weighted by atomic mass is 32.1. The van der Waals surface area contributed by atoms with Gasteiger partial charge in [0.2, 0.25) is 0 Å². The van der Waals surface area contributed by atoms with E-state index in [1.165, 1.54) is 4.88 Å². The molecule has 0 aliphatic heterocycles. The Morgan fingerprint density at radius 2 is 2.50 bits per heavy atom. The number of nitriles is 1. The van der Waals surface area contributed by atoms with Crippen LogP contribution in [0.4, 0.5) is 0 Å². The normalized spacial score (nSPS) is 10.0. The summed E-state index contributed by atoms with van der Waals surface area (Å²) in [6.07, 6.45) is 0.274. The Morgan fingerprint density at radius 1 is 1.64 bits per heavy atom. The van der Waals surface area contributed by atoms with Crippen LogP contribution in [0.1, 0.15) is 10.7 Å². The molecule has 5 heteroatoms. The van der Waals surface area contributed by atoms with Gasteiger partial charge in [-0.1, -0.05) is 0 Å². The monoisotopic (exact) mass is 204 g/mol. The van der Waals surface area contributed by atoms with Crippen LogP contribution in [0.2, 0.25) is 0 Å². The lowest BCUT2D eigenvalue weighted by atomic mass is 10.3. The van der Waals surface area contributed by atoms with Crippen molar-refractivity contribution in [3.63, 3.8) is 0 Å². The zero-order valence-electron chi connectivity index (χ0n) is 7.61. The Kier molecular flexibility index (Phi) is 2.29. The number of aryl methyl sites for hydroxylation is 1. The summed E-state index contributed by atoms with van der Waals surface area (Å²) >= 11 is 1.66. The Hall–Kier alpha value is -1.67. The fourth-order valence-electron chi connectivity index (χ4n) is 1.14. The van der Waals surface area contributed by atoms with E-state index in [1.54, 1.807) is 11.3 Å². The zero-order chi connectivity index (χ0) is 9.97. The minimum absolute atomic E-state index is 0.274. The Bertz CT molecular complexity index is 477. The standard InChI is InChI=1S/C9H8N4S/c1-6-4-7(5-14-6)9-11-8(2-3-10)12-13-9/h4-5H,2H2,1H3,(H,11,12,13). The van der Waals surface area contributed by atoms with Gasteiger partial charge in [-0.2, -0.15) is 10.4 Å². The minimum Gasteiger partial charge on any atom is -0.262 e. The van der Waals surface area contributed by atoms with Gasteiger partial charge in [0.25, 0.3) is 0 Å². The largest absolute Gasteiger partial charge is 0.262 e. The molecule has 0 saturated carbocycles. The van der Waals surface area contributed by atoms with Gasteiger partial charge < -0.3 is 0 Å². The first-order valence-electron chi connectivity index (χ1n) is 4.13. The fourth-order valence-corrected chi connectivity index (χ4v) is 1.82. The summed E-state index contributed by atoms with van der Waals surface area (Å²) in [5.74, 6) is 1.28. The Balaban J connectivity index is 2.30. The molecule has 0 atom stereocenters. The molecule has 14 heavy (non-hydrogen) atoms. The maximum absolute atomic E-state index is 8.47. The quantitative estimate of drug-likeness (QED) is 0.812. The van der Waals surface area contributed by atoms with Crippen molar-refractivity contribution in [3.05, 3.63) is 22.1 Å². The number of nitrogens with zero attached hydrogens (tertiary/aromatic N) is 3. The van der Waals surface area contributed by atoms with Gasteiger partial charge in [0, 0.05) is 15.8 Å². The van der Waals surface area contributed by atoms with Gasteiger partial charge in [-0.15, -0.1) is 11.3 Å². The smallest absolute Gasteiger partial charge is 0.182 e. The van der Waals surface area contributed by atoms with Crippen molar-refractivity contribution in [2.45, 2.75) is 13.3 Å². The first kappa shape index (κ1) is 8.91. The van der Waals surface area contributed by atoms with Crippen molar-refractivity contribution in [2.75, 3.05) is 0 Å². The molecule has 0 bridgehead atoms. The predicted molar refractivity (Wildman–Crippen MR) is 53.7 cm³/mol. The molecule has 2 rings (SSSR count). The van der Waals surface area contributed by atoms with Crippen molar-refractivity contribution in [3.8, 4) is 17.5 Å². The van der Waals surface area contributed by atoms with E-state index >= 15 is 0 Å². The highest BCUT2D eigenvalue weighted by molar-refractivity contribution is 7.10. The maximum atomic E-state index is 8.47. The van der Waals surface area contributed by atoms with Crippen LogP contribution in [0.15, 0.2) is 11.4 Å². The van der Waals surface area contributed by atoms with E-state index < -0.39 is 0 Å².